The van der Waals surface area contributed by atoms with Crippen LogP contribution in [0.4, 0.5) is 5.69 Å². The third-order valence-corrected chi connectivity index (χ3v) is 3.68. The van der Waals surface area contributed by atoms with E-state index in [9.17, 15) is 4.79 Å². The number of ether oxygens (including phenoxy) is 3. The minimum Gasteiger partial charge on any atom is -0.496 e. The van der Waals surface area contributed by atoms with E-state index in [2.05, 4.69) is 4.99 Å². The van der Waals surface area contributed by atoms with Gasteiger partial charge in [0.2, 0.25) is 0 Å². The van der Waals surface area contributed by atoms with Crippen molar-refractivity contribution in [2.75, 3.05) is 13.7 Å². The molecule has 0 N–H and O–H groups in total. The Hall–Kier alpha value is -2.04. The van der Waals surface area contributed by atoms with Gasteiger partial charge in [0.1, 0.15) is 18.3 Å². The number of aliphatic imine (C=N–C) groups is 1. The van der Waals surface area contributed by atoms with Gasteiger partial charge in [-0.1, -0.05) is 6.07 Å². The molecule has 0 aliphatic heterocycles. The maximum absolute atomic E-state index is 11.7. The fourth-order valence-electron chi connectivity index (χ4n) is 2.20. The van der Waals surface area contributed by atoms with Crippen LogP contribution in [0.2, 0.25) is 0 Å². The number of hydrogen-bond donors (Lipinski definition) is 0. The van der Waals surface area contributed by atoms with E-state index in [0.717, 1.165) is 36.3 Å². The number of esters is 1. The molecule has 22 heavy (non-hydrogen) atoms. The lowest BCUT2D eigenvalue weighted by molar-refractivity contribution is -0.142. The number of carbonyl (C=O) groups is 1. The zero-order chi connectivity index (χ0) is 15.9. The average Bonchev–Trinajstić information content (AvgIpc) is 2.45. The molecule has 0 aromatic heterocycles. The summed E-state index contributed by atoms with van der Waals surface area (Å²) in [6.07, 6.45) is 3.41. The molecule has 0 amide bonds. The molecule has 0 heterocycles. The van der Waals surface area contributed by atoms with Gasteiger partial charge in [0.05, 0.1) is 19.4 Å². The van der Waals surface area contributed by atoms with Crippen LogP contribution in [0.5, 0.6) is 5.75 Å². The minimum absolute atomic E-state index is 0.0565. The van der Waals surface area contributed by atoms with Crippen molar-refractivity contribution in [3.8, 4) is 5.75 Å². The smallest absolute Gasteiger partial charge is 0.315 e. The number of methoxy groups -OCH3 is 1. The fourth-order valence-corrected chi connectivity index (χ4v) is 2.20. The van der Waals surface area contributed by atoms with Crippen molar-refractivity contribution in [2.45, 2.75) is 45.6 Å². The molecule has 5 heteroatoms. The highest BCUT2D eigenvalue weighted by Crippen LogP contribution is 2.29. The topological polar surface area (TPSA) is 57.1 Å². The third kappa shape index (κ3) is 4.23. The van der Waals surface area contributed by atoms with E-state index in [0.29, 0.717) is 12.5 Å². The molecule has 1 saturated carbocycles. The SMILES string of the molecule is CCOC(=O)CC(=Nc1cccc(OC)c1C)OC1CCC1. The maximum atomic E-state index is 11.7. The third-order valence-electron chi connectivity index (χ3n) is 3.68. The standard InChI is InChI=1S/C17H23NO4/c1-4-21-17(19)11-16(22-13-7-5-8-13)18-14-9-6-10-15(20-3)12(14)2/h6,9-10,13H,4-5,7-8,11H2,1-3H3. The number of benzene rings is 1. The molecular weight excluding hydrogens is 282 g/mol. The molecular formula is C17H23NO4. The van der Waals surface area contributed by atoms with Crippen molar-refractivity contribution in [3.63, 3.8) is 0 Å². The zero-order valence-corrected chi connectivity index (χ0v) is 13.4. The molecule has 0 atom stereocenters. The predicted octanol–water partition coefficient (Wildman–Crippen LogP) is 3.56. The Morgan fingerprint density at radius 3 is 2.73 bits per heavy atom. The molecule has 0 unspecified atom stereocenters. The lowest BCUT2D eigenvalue weighted by Gasteiger charge is -2.26. The molecule has 0 spiro atoms. The Morgan fingerprint density at radius 2 is 2.14 bits per heavy atom. The summed E-state index contributed by atoms with van der Waals surface area (Å²) >= 11 is 0. The first-order valence-corrected chi connectivity index (χ1v) is 7.67. The van der Waals surface area contributed by atoms with Gasteiger partial charge >= 0.3 is 5.97 Å². The van der Waals surface area contributed by atoms with E-state index in [-0.39, 0.29) is 18.5 Å². The number of carbonyl (C=O) groups excluding carboxylic acids is 1. The number of hydrogen-bond acceptors (Lipinski definition) is 5. The van der Waals surface area contributed by atoms with E-state index < -0.39 is 0 Å². The van der Waals surface area contributed by atoms with Gasteiger partial charge in [-0.15, -0.1) is 0 Å². The van der Waals surface area contributed by atoms with Crippen LogP contribution in [0.1, 0.15) is 38.2 Å². The average molecular weight is 305 g/mol. The van der Waals surface area contributed by atoms with Gasteiger partial charge in [0, 0.05) is 5.56 Å². The first-order chi connectivity index (χ1) is 10.6. The molecule has 1 aromatic rings. The van der Waals surface area contributed by atoms with Gasteiger partial charge in [-0.25, -0.2) is 4.99 Å². The molecule has 1 aliphatic carbocycles. The van der Waals surface area contributed by atoms with Gasteiger partial charge in [-0.05, 0) is 45.2 Å². The Balaban J connectivity index is 2.20. The quantitative estimate of drug-likeness (QED) is 0.458. The second kappa shape index (κ2) is 7.82. The summed E-state index contributed by atoms with van der Waals surface area (Å²) in [5, 5.41) is 0. The first kappa shape index (κ1) is 16.3. The van der Waals surface area contributed by atoms with Crippen LogP contribution in [-0.4, -0.2) is 31.7 Å². The molecule has 1 aromatic carbocycles. The van der Waals surface area contributed by atoms with Crippen molar-refractivity contribution < 1.29 is 19.0 Å². The largest absolute Gasteiger partial charge is 0.496 e. The Kier molecular flexibility index (Phi) is 5.81. The van der Waals surface area contributed by atoms with Crippen molar-refractivity contribution in [1.29, 1.82) is 0 Å². The van der Waals surface area contributed by atoms with E-state index in [1.807, 2.05) is 25.1 Å². The lowest BCUT2D eigenvalue weighted by Crippen LogP contribution is -2.26. The highest BCUT2D eigenvalue weighted by atomic mass is 16.5. The number of rotatable bonds is 6. The van der Waals surface area contributed by atoms with Crippen LogP contribution in [0.3, 0.4) is 0 Å². The van der Waals surface area contributed by atoms with Gasteiger partial charge in [-0.3, -0.25) is 4.79 Å². The molecule has 5 nitrogen and oxygen atoms in total. The summed E-state index contributed by atoms with van der Waals surface area (Å²) < 4.78 is 16.1. The van der Waals surface area contributed by atoms with Gasteiger partial charge < -0.3 is 14.2 Å². The van der Waals surface area contributed by atoms with Gasteiger partial charge in [0.25, 0.3) is 0 Å². The van der Waals surface area contributed by atoms with Crippen molar-refractivity contribution in [2.24, 2.45) is 4.99 Å². The Morgan fingerprint density at radius 1 is 1.36 bits per heavy atom. The Labute approximate surface area is 131 Å². The first-order valence-electron chi connectivity index (χ1n) is 7.67. The molecule has 0 saturated heterocycles. The highest BCUT2D eigenvalue weighted by Gasteiger charge is 2.22. The van der Waals surface area contributed by atoms with Crippen LogP contribution < -0.4 is 4.74 Å². The van der Waals surface area contributed by atoms with Gasteiger partial charge in [0.15, 0.2) is 5.90 Å². The molecule has 0 bridgehead atoms. The fraction of sp³-hybridized carbons (Fsp3) is 0.529. The molecule has 120 valence electrons. The summed E-state index contributed by atoms with van der Waals surface area (Å²) in [6.45, 7) is 4.07. The summed E-state index contributed by atoms with van der Waals surface area (Å²) in [6, 6.07) is 5.63. The predicted molar refractivity (Wildman–Crippen MR) is 84.8 cm³/mol. The van der Waals surface area contributed by atoms with E-state index in [1.165, 1.54) is 0 Å². The Bertz CT molecular complexity index is 550. The van der Waals surface area contributed by atoms with Crippen LogP contribution in [0, 0.1) is 6.92 Å². The zero-order valence-electron chi connectivity index (χ0n) is 13.4. The molecule has 1 aliphatic rings. The summed E-state index contributed by atoms with van der Waals surface area (Å²) in [5.74, 6) is 0.862. The monoisotopic (exact) mass is 305 g/mol. The summed E-state index contributed by atoms with van der Waals surface area (Å²) in [4.78, 5) is 16.3. The lowest BCUT2D eigenvalue weighted by atomic mass is 9.96. The molecule has 2 rings (SSSR count). The molecule has 0 radical (unpaired) electrons. The van der Waals surface area contributed by atoms with Crippen LogP contribution >= 0.6 is 0 Å². The van der Waals surface area contributed by atoms with Crippen molar-refractivity contribution in [3.05, 3.63) is 23.8 Å². The molecule has 1 fully saturated rings. The van der Waals surface area contributed by atoms with Crippen LogP contribution in [-0.2, 0) is 14.3 Å². The minimum atomic E-state index is -0.318. The van der Waals surface area contributed by atoms with E-state index in [4.69, 9.17) is 14.2 Å². The summed E-state index contributed by atoms with van der Waals surface area (Å²) in [7, 11) is 1.63. The maximum Gasteiger partial charge on any atom is 0.315 e. The van der Waals surface area contributed by atoms with Gasteiger partial charge in [-0.2, -0.15) is 0 Å². The van der Waals surface area contributed by atoms with E-state index in [1.54, 1.807) is 14.0 Å². The normalized spacial score (nSPS) is 15.1. The summed E-state index contributed by atoms with van der Waals surface area (Å²) in [5.41, 5.74) is 1.67. The van der Waals surface area contributed by atoms with Crippen LogP contribution in [0.15, 0.2) is 23.2 Å². The highest BCUT2D eigenvalue weighted by molar-refractivity contribution is 5.95. The second-order valence-electron chi connectivity index (χ2n) is 5.26. The van der Waals surface area contributed by atoms with Crippen molar-refractivity contribution in [1.82, 2.24) is 0 Å². The van der Waals surface area contributed by atoms with Crippen LogP contribution in [0.25, 0.3) is 0 Å². The second-order valence-corrected chi connectivity index (χ2v) is 5.26. The van der Waals surface area contributed by atoms with E-state index >= 15 is 0 Å². The number of nitrogens with zero attached hydrogens (tertiary/aromatic N) is 1. The van der Waals surface area contributed by atoms with Crippen molar-refractivity contribution >= 4 is 17.6 Å².